The van der Waals surface area contributed by atoms with Crippen LogP contribution in [0.3, 0.4) is 0 Å². The molecule has 1 aliphatic carbocycles. The summed E-state index contributed by atoms with van der Waals surface area (Å²) in [6.07, 6.45) is 9.65. The number of hydrogen-bond acceptors (Lipinski definition) is 5. The number of benzene rings is 2. The van der Waals surface area contributed by atoms with Gasteiger partial charge in [0.15, 0.2) is 0 Å². The molecule has 0 amide bonds. The lowest BCUT2D eigenvalue weighted by Gasteiger charge is -2.11. The van der Waals surface area contributed by atoms with E-state index in [0.717, 1.165) is 17.0 Å². The maximum absolute atomic E-state index is 9.44. The number of fused-ring (bicyclic) bond motifs is 1. The number of aryl methyl sites for hydroxylation is 1. The lowest BCUT2D eigenvalue weighted by Crippen LogP contribution is -2.06. The highest BCUT2D eigenvalue weighted by Gasteiger charge is 2.17. The Morgan fingerprint density at radius 3 is 2.69 bits per heavy atom. The zero-order chi connectivity index (χ0) is 20.8. The SMILES string of the molecule is CC(C)Oc1ccc(-c2ncc(-c3cccc4c3CCC4)s2)cc1C#N.CSC. The van der Waals surface area contributed by atoms with Gasteiger partial charge in [0.1, 0.15) is 16.8 Å². The number of ether oxygens (including phenoxy) is 1. The number of nitriles is 1. The second-order valence-electron chi connectivity index (χ2n) is 7.22. The first-order valence-corrected chi connectivity index (χ1v) is 12.2. The lowest BCUT2D eigenvalue weighted by molar-refractivity contribution is 0.242. The van der Waals surface area contributed by atoms with Gasteiger partial charge in [-0.3, -0.25) is 0 Å². The Bertz CT molecular complexity index is 1020. The molecule has 3 aromatic rings. The van der Waals surface area contributed by atoms with Gasteiger partial charge in [-0.15, -0.1) is 11.3 Å². The average molecular weight is 423 g/mol. The van der Waals surface area contributed by atoms with Crippen LogP contribution >= 0.6 is 23.1 Å². The van der Waals surface area contributed by atoms with Crippen LogP contribution in [0.4, 0.5) is 0 Å². The molecule has 0 bridgehead atoms. The molecule has 0 fully saturated rings. The van der Waals surface area contributed by atoms with Crippen molar-refractivity contribution in [2.24, 2.45) is 0 Å². The zero-order valence-corrected chi connectivity index (χ0v) is 19.0. The largest absolute Gasteiger partial charge is 0.490 e. The number of rotatable bonds is 4. The fourth-order valence-electron chi connectivity index (χ4n) is 3.49. The molecule has 29 heavy (non-hydrogen) atoms. The van der Waals surface area contributed by atoms with Crippen molar-refractivity contribution < 1.29 is 4.74 Å². The van der Waals surface area contributed by atoms with Crippen molar-refractivity contribution in [1.82, 2.24) is 4.98 Å². The molecule has 0 radical (unpaired) electrons. The van der Waals surface area contributed by atoms with Crippen molar-refractivity contribution in [3.8, 4) is 32.8 Å². The summed E-state index contributed by atoms with van der Waals surface area (Å²) in [7, 11) is 0. The van der Waals surface area contributed by atoms with E-state index in [0.29, 0.717) is 11.3 Å². The third-order valence-corrected chi connectivity index (χ3v) is 5.71. The van der Waals surface area contributed by atoms with Crippen molar-refractivity contribution in [3.05, 3.63) is 59.3 Å². The Balaban J connectivity index is 0.000000755. The van der Waals surface area contributed by atoms with Crippen molar-refractivity contribution in [1.29, 1.82) is 5.26 Å². The van der Waals surface area contributed by atoms with E-state index in [2.05, 4.69) is 29.3 Å². The first-order chi connectivity index (χ1) is 14.1. The van der Waals surface area contributed by atoms with Gasteiger partial charge >= 0.3 is 0 Å². The van der Waals surface area contributed by atoms with E-state index in [-0.39, 0.29) is 6.10 Å². The summed E-state index contributed by atoms with van der Waals surface area (Å²) >= 11 is 3.43. The number of thiazole rings is 1. The second-order valence-corrected chi connectivity index (χ2v) is 9.07. The van der Waals surface area contributed by atoms with Crippen molar-refractivity contribution in [2.75, 3.05) is 12.5 Å². The summed E-state index contributed by atoms with van der Waals surface area (Å²) in [5, 5.41) is 10.4. The monoisotopic (exact) mass is 422 g/mol. The molecule has 0 N–H and O–H groups in total. The fraction of sp³-hybridized carbons (Fsp3) is 0.333. The highest BCUT2D eigenvalue weighted by molar-refractivity contribution is 7.97. The Hall–Kier alpha value is -2.29. The Morgan fingerprint density at radius 2 is 1.97 bits per heavy atom. The summed E-state index contributed by atoms with van der Waals surface area (Å²) in [4.78, 5) is 5.82. The molecule has 4 rings (SSSR count). The highest BCUT2D eigenvalue weighted by atomic mass is 32.2. The van der Waals surface area contributed by atoms with Crippen LogP contribution in [0.1, 0.15) is 37.0 Å². The Kier molecular flexibility index (Phi) is 7.35. The standard InChI is InChI=1S/C22H20N2OS.C2H6S/c1-14(2)25-20-10-9-16(11-17(20)12-23)22-24-13-21(26-22)19-8-4-6-15-5-3-7-18(15)19;1-3-2/h4,6,8-11,13-14H,3,5,7H2,1-2H3;1-2H3. The fourth-order valence-corrected chi connectivity index (χ4v) is 4.45. The van der Waals surface area contributed by atoms with Crippen LogP contribution in [0, 0.1) is 11.3 Å². The summed E-state index contributed by atoms with van der Waals surface area (Å²) in [5.41, 5.74) is 5.76. The molecule has 0 saturated heterocycles. The van der Waals surface area contributed by atoms with Gasteiger partial charge < -0.3 is 4.74 Å². The maximum Gasteiger partial charge on any atom is 0.137 e. The number of hydrogen-bond donors (Lipinski definition) is 0. The van der Waals surface area contributed by atoms with Crippen molar-refractivity contribution in [2.45, 2.75) is 39.2 Å². The van der Waals surface area contributed by atoms with Gasteiger partial charge in [0, 0.05) is 11.8 Å². The van der Waals surface area contributed by atoms with Crippen LogP contribution in [0.2, 0.25) is 0 Å². The third kappa shape index (κ3) is 5.01. The van der Waals surface area contributed by atoms with Gasteiger partial charge in [0.25, 0.3) is 0 Å². The molecular weight excluding hydrogens is 396 g/mol. The molecular formula is C24H26N2OS2. The van der Waals surface area contributed by atoms with E-state index < -0.39 is 0 Å². The predicted octanol–water partition coefficient (Wildman–Crippen LogP) is 6.60. The summed E-state index contributed by atoms with van der Waals surface area (Å²) in [5.74, 6) is 0.629. The minimum Gasteiger partial charge on any atom is -0.490 e. The summed E-state index contributed by atoms with van der Waals surface area (Å²) < 4.78 is 5.71. The highest BCUT2D eigenvalue weighted by Crippen LogP contribution is 2.38. The van der Waals surface area contributed by atoms with E-state index in [9.17, 15) is 5.26 Å². The van der Waals surface area contributed by atoms with Crippen LogP contribution in [-0.4, -0.2) is 23.6 Å². The predicted molar refractivity (Wildman–Crippen MR) is 125 cm³/mol. The molecule has 1 aliphatic rings. The molecule has 150 valence electrons. The van der Waals surface area contributed by atoms with Crippen molar-refractivity contribution in [3.63, 3.8) is 0 Å². The van der Waals surface area contributed by atoms with Gasteiger partial charge in [0.05, 0.1) is 16.5 Å². The first-order valence-electron chi connectivity index (χ1n) is 9.75. The maximum atomic E-state index is 9.44. The third-order valence-electron chi connectivity index (χ3n) is 4.63. The number of nitrogens with zero attached hydrogens (tertiary/aromatic N) is 2. The Morgan fingerprint density at radius 1 is 1.17 bits per heavy atom. The molecule has 0 aliphatic heterocycles. The van der Waals surface area contributed by atoms with E-state index in [1.165, 1.54) is 34.4 Å². The summed E-state index contributed by atoms with van der Waals surface area (Å²) in [6, 6.07) is 14.5. The van der Waals surface area contributed by atoms with Crippen LogP contribution < -0.4 is 4.74 Å². The van der Waals surface area contributed by atoms with E-state index >= 15 is 0 Å². The van der Waals surface area contributed by atoms with Gasteiger partial charge in [-0.05, 0) is 80.5 Å². The summed E-state index contributed by atoms with van der Waals surface area (Å²) in [6.45, 7) is 3.92. The number of thioether (sulfide) groups is 1. The van der Waals surface area contributed by atoms with Crippen molar-refractivity contribution >= 4 is 23.1 Å². The van der Waals surface area contributed by atoms with Crippen LogP contribution in [-0.2, 0) is 12.8 Å². The minimum atomic E-state index is 0.0413. The van der Waals surface area contributed by atoms with Crippen LogP contribution in [0.15, 0.2) is 42.6 Å². The van der Waals surface area contributed by atoms with Crippen LogP contribution in [0.5, 0.6) is 5.75 Å². The second kappa shape index (κ2) is 9.96. The normalized spacial score (nSPS) is 12.1. The van der Waals surface area contributed by atoms with Gasteiger partial charge in [-0.25, -0.2) is 4.98 Å². The average Bonchev–Trinajstić information content (AvgIpc) is 3.38. The molecule has 1 aromatic heterocycles. The zero-order valence-electron chi connectivity index (χ0n) is 17.4. The minimum absolute atomic E-state index is 0.0413. The topological polar surface area (TPSA) is 45.9 Å². The molecule has 0 spiro atoms. The molecule has 0 unspecified atom stereocenters. The van der Waals surface area contributed by atoms with E-state index in [1.54, 1.807) is 23.1 Å². The quantitative estimate of drug-likeness (QED) is 0.475. The molecule has 2 aromatic carbocycles. The van der Waals surface area contributed by atoms with Gasteiger partial charge in [0.2, 0.25) is 0 Å². The Labute approximate surface area is 181 Å². The molecule has 5 heteroatoms. The van der Waals surface area contributed by atoms with Gasteiger partial charge in [-0.2, -0.15) is 17.0 Å². The molecule has 1 heterocycles. The molecule has 0 atom stereocenters. The smallest absolute Gasteiger partial charge is 0.137 e. The molecule has 0 saturated carbocycles. The van der Waals surface area contributed by atoms with E-state index in [1.807, 2.05) is 50.8 Å². The van der Waals surface area contributed by atoms with Crippen LogP contribution in [0.25, 0.3) is 21.0 Å². The van der Waals surface area contributed by atoms with Gasteiger partial charge in [-0.1, -0.05) is 18.2 Å². The molecule has 3 nitrogen and oxygen atoms in total. The number of aromatic nitrogens is 1. The lowest BCUT2D eigenvalue weighted by atomic mass is 10.0. The first kappa shape index (κ1) is 21.4. The van der Waals surface area contributed by atoms with E-state index in [4.69, 9.17) is 4.74 Å².